The average Bonchev–Trinajstić information content (AvgIpc) is 2.33. The molecule has 0 saturated carbocycles. The van der Waals surface area contributed by atoms with E-state index >= 15 is 0 Å². The summed E-state index contributed by atoms with van der Waals surface area (Å²) in [7, 11) is 0. The maximum atomic E-state index is 5.87. The summed E-state index contributed by atoms with van der Waals surface area (Å²) >= 11 is 8.18. The summed E-state index contributed by atoms with van der Waals surface area (Å²) in [6, 6.07) is 16.6. The van der Waals surface area contributed by atoms with Crippen LogP contribution in [0.2, 0.25) is 5.02 Å². The van der Waals surface area contributed by atoms with Crippen molar-refractivity contribution in [2.75, 3.05) is 5.32 Å². The quantitative estimate of drug-likeness (QED) is 0.752. The van der Waals surface area contributed by atoms with E-state index in [4.69, 9.17) is 11.6 Å². The molecule has 0 aromatic heterocycles. The summed E-state index contributed by atoms with van der Waals surface area (Å²) in [6.45, 7) is 2.14. The number of rotatable bonds is 3. The minimum atomic E-state index is 0.271. The van der Waals surface area contributed by atoms with Gasteiger partial charge in [-0.15, -0.1) is 0 Å². The first kappa shape index (κ1) is 12.7. The number of nitrogens with one attached hydrogen (secondary N) is 1. The van der Waals surface area contributed by atoms with E-state index in [0.29, 0.717) is 0 Å². The number of benzene rings is 2. The predicted octanol–water partition coefficient (Wildman–Crippen LogP) is 5.12. The van der Waals surface area contributed by atoms with E-state index in [1.807, 2.05) is 24.3 Å². The van der Waals surface area contributed by atoms with Crippen molar-refractivity contribution < 1.29 is 0 Å². The molecule has 0 saturated heterocycles. The monoisotopic (exact) mass is 357 g/mol. The van der Waals surface area contributed by atoms with Crippen LogP contribution in [0.15, 0.2) is 48.5 Å². The van der Waals surface area contributed by atoms with Crippen molar-refractivity contribution in [2.45, 2.75) is 13.0 Å². The van der Waals surface area contributed by atoms with Crippen LogP contribution in [0.4, 0.5) is 5.69 Å². The minimum Gasteiger partial charge on any atom is -0.379 e. The standard InChI is InChI=1S/C14H13ClIN/c1-10(11-2-4-12(15)5-3-11)17-14-8-6-13(16)7-9-14/h2-10,17H,1H3. The third kappa shape index (κ3) is 3.61. The topological polar surface area (TPSA) is 12.0 Å². The molecule has 17 heavy (non-hydrogen) atoms. The summed E-state index contributed by atoms with van der Waals surface area (Å²) in [5.74, 6) is 0. The van der Waals surface area contributed by atoms with Gasteiger partial charge in [0.25, 0.3) is 0 Å². The molecule has 2 aromatic carbocycles. The third-order valence-electron chi connectivity index (χ3n) is 2.60. The maximum absolute atomic E-state index is 5.87. The molecule has 0 aliphatic heterocycles. The first-order chi connectivity index (χ1) is 8.15. The van der Waals surface area contributed by atoms with Crippen molar-refractivity contribution in [1.29, 1.82) is 0 Å². The van der Waals surface area contributed by atoms with Gasteiger partial charge in [0.05, 0.1) is 0 Å². The highest BCUT2D eigenvalue weighted by Gasteiger charge is 2.04. The first-order valence-corrected chi connectivity index (χ1v) is 6.88. The van der Waals surface area contributed by atoms with Gasteiger partial charge in [-0.3, -0.25) is 0 Å². The highest BCUT2D eigenvalue weighted by Crippen LogP contribution is 2.21. The Labute approximate surface area is 120 Å². The second-order valence-corrected chi connectivity index (χ2v) is 5.61. The zero-order chi connectivity index (χ0) is 12.3. The van der Waals surface area contributed by atoms with Crippen molar-refractivity contribution in [3.8, 4) is 0 Å². The lowest BCUT2D eigenvalue weighted by atomic mass is 10.1. The molecular weight excluding hydrogens is 345 g/mol. The Morgan fingerprint density at radius 3 is 2.18 bits per heavy atom. The number of hydrogen-bond acceptors (Lipinski definition) is 1. The van der Waals surface area contributed by atoms with Gasteiger partial charge in [0.2, 0.25) is 0 Å². The van der Waals surface area contributed by atoms with Crippen LogP contribution in [0.25, 0.3) is 0 Å². The lowest BCUT2D eigenvalue weighted by Gasteiger charge is -2.15. The van der Waals surface area contributed by atoms with Gasteiger partial charge in [-0.2, -0.15) is 0 Å². The molecule has 0 heterocycles. The third-order valence-corrected chi connectivity index (χ3v) is 3.57. The van der Waals surface area contributed by atoms with E-state index in [0.717, 1.165) is 10.7 Å². The van der Waals surface area contributed by atoms with Crippen LogP contribution in [0, 0.1) is 3.57 Å². The Hall–Kier alpha value is -0.740. The zero-order valence-corrected chi connectivity index (χ0v) is 12.4. The zero-order valence-electron chi connectivity index (χ0n) is 9.45. The molecule has 0 spiro atoms. The molecule has 0 amide bonds. The van der Waals surface area contributed by atoms with Gasteiger partial charge in [-0.1, -0.05) is 23.7 Å². The molecule has 0 fully saturated rings. The SMILES string of the molecule is CC(Nc1ccc(I)cc1)c1ccc(Cl)cc1. The van der Waals surface area contributed by atoms with Crippen molar-refractivity contribution in [1.82, 2.24) is 0 Å². The molecule has 1 atom stereocenters. The molecule has 2 rings (SSSR count). The van der Waals surface area contributed by atoms with E-state index in [-0.39, 0.29) is 6.04 Å². The second-order valence-electron chi connectivity index (χ2n) is 3.92. The van der Waals surface area contributed by atoms with E-state index in [2.05, 4.69) is 59.1 Å². The van der Waals surface area contributed by atoms with E-state index in [1.54, 1.807) is 0 Å². The van der Waals surface area contributed by atoms with E-state index in [9.17, 15) is 0 Å². The molecular formula is C14H13ClIN. The van der Waals surface area contributed by atoms with Crippen molar-refractivity contribution in [2.24, 2.45) is 0 Å². The van der Waals surface area contributed by atoms with Crippen LogP contribution >= 0.6 is 34.2 Å². The average molecular weight is 358 g/mol. The lowest BCUT2D eigenvalue weighted by Crippen LogP contribution is -2.06. The second kappa shape index (κ2) is 5.74. The van der Waals surface area contributed by atoms with E-state index in [1.165, 1.54) is 9.13 Å². The normalized spacial score (nSPS) is 12.2. The fourth-order valence-electron chi connectivity index (χ4n) is 1.63. The maximum Gasteiger partial charge on any atom is 0.0485 e. The molecule has 0 radical (unpaired) electrons. The van der Waals surface area contributed by atoms with Gasteiger partial charge >= 0.3 is 0 Å². The first-order valence-electron chi connectivity index (χ1n) is 5.43. The highest BCUT2D eigenvalue weighted by molar-refractivity contribution is 14.1. The molecule has 2 aromatic rings. The highest BCUT2D eigenvalue weighted by atomic mass is 127. The Morgan fingerprint density at radius 2 is 1.59 bits per heavy atom. The van der Waals surface area contributed by atoms with Gasteiger partial charge in [0, 0.05) is 20.3 Å². The van der Waals surface area contributed by atoms with Gasteiger partial charge in [-0.25, -0.2) is 0 Å². The Balaban J connectivity index is 2.08. The smallest absolute Gasteiger partial charge is 0.0485 e. The predicted molar refractivity (Wildman–Crippen MR) is 82.6 cm³/mol. The summed E-state index contributed by atoms with van der Waals surface area (Å²) in [4.78, 5) is 0. The van der Waals surface area contributed by atoms with Gasteiger partial charge < -0.3 is 5.32 Å². The van der Waals surface area contributed by atoms with Crippen molar-refractivity contribution >= 4 is 39.9 Å². The Morgan fingerprint density at radius 1 is 1.00 bits per heavy atom. The molecule has 1 N–H and O–H groups in total. The molecule has 0 aliphatic carbocycles. The summed E-state index contributed by atoms with van der Waals surface area (Å²) in [5, 5.41) is 4.23. The van der Waals surface area contributed by atoms with Gasteiger partial charge in [0.15, 0.2) is 0 Å². The van der Waals surface area contributed by atoms with Crippen LogP contribution in [0.5, 0.6) is 0 Å². The van der Waals surface area contributed by atoms with Gasteiger partial charge in [0.1, 0.15) is 0 Å². The van der Waals surface area contributed by atoms with Crippen LogP contribution in [0.1, 0.15) is 18.5 Å². The fraction of sp³-hybridized carbons (Fsp3) is 0.143. The Kier molecular flexibility index (Phi) is 4.29. The molecule has 1 unspecified atom stereocenters. The fourth-order valence-corrected chi connectivity index (χ4v) is 2.12. The number of anilines is 1. The Bertz CT molecular complexity index is 479. The van der Waals surface area contributed by atoms with Gasteiger partial charge in [-0.05, 0) is 71.5 Å². The van der Waals surface area contributed by atoms with Crippen LogP contribution in [-0.4, -0.2) is 0 Å². The molecule has 0 bridgehead atoms. The number of halogens is 2. The van der Waals surface area contributed by atoms with Crippen LogP contribution in [0.3, 0.4) is 0 Å². The van der Waals surface area contributed by atoms with Crippen molar-refractivity contribution in [3.63, 3.8) is 0 Å². The lowest BCUT2D eigenvalue weighted by molar-refractivity contribution is 0.885. The molecule has 1 nitrogen and oxygen atoms in total. The minimum absolute atomic E-state index is 0.271. The largest absolute Gasteiger partial charge is 0.379 e. The number of hydrogen-bond donors (Lipinski definition) is 1. The van der Waals surface area contributed by atoms with Crippen molar-refractivity contribution in [3.05, 3.63) is 62.7 Å². The van der Waals surface area contributed by atoms with Crippen LogP contribution in [-0.2, 0) is 0 Å². The molecule has 88 valence electrons. The summed E-state index contributed by atoms with van der Waals surface area (Å²) < 4.78 is 1.24. The molecule has 0 aliphatic rings. The summed E-state index contributed by atoms with van der Waals surface area (Å²) in [6.07, 6.45) is 0. The summed E-state index contributed by atoms with van der Waals surface area (Å²) in [5.41, 5.74) is 2.36. The molecule has 3 heteroatoms. The van der Waals surface area contributed by atoms with Crippen LogP contribution < -0.4 is 5.32 Å². The van der Waals surface area contributed by atoms with E-state index < -0.39 is 0 Å².